The van der Waals surface area contributed by atoms with Gasteiger partial charge < -0.3 is 19.5 Å². The fourth-order valence-corrected chi connectivity index (χ4v) is 5.73. The van der Waals surface area contributed by atoms with Crippen LogP contribution in [-0.2, 0) is 16.1 Å². The molecule has 0 saturated carbocycles. The van der Waals surface area contributed by atoms with Crippen molar-refractivity contribution >= 4 is 26.0 Å². The first kappa shape index (κ1) is 29.3. The van der Waals surface area contributed by atoms with Gasteiger partial charge in [-0.05, 0) is 71.3 Å². The van der Waals surface area contributed by atoms with Crippen LogP contribution < -0.4 is 0 Å². The van der Waals surface area contributed by atoms with Gasteiger partial charge in [-0.2, -0.15) is 0 Å². The largest absolute Gasteiger partial charge is 0.478 e. The molecule has 1 aliphatic rings. The van der Waals surface area contributed by atoms with E-state index in [2.05, 4.69) is 13.8 Å². The second-order valence-corrected chi connectivity index (χ2v) is 16.2. The lowest BCUT2D eigenvalue weighted by Gasteiger charge is -2.40. The predicted octanol–water partition coefficient (Wildman–Crippen LogP) is 7.36. The Bertz CT molecular complexity index is 1360. The van der Waals surface area contributed by atoms with Crippen LogP contribution in [0.5, 0.6) is 0 Å². The summed E-state index contributed by atoms with van der Waals surface area (Å²) in [4.78, 5) is 38.4. The van der Waals surface area contributed by atoms with Crippen LogP contribution in [0.15, 0.2) is 90.5 Å². The molecule has 6 nitrogen and oxygen atoms in total. The summed E-state index contributed by atoms with van der Waals surface area (Å²) in [6, 6.07) is 27.1. The SMILES string of the molecule is CC(C)(CCC1CC(c2cccc(-c3ccccc3)c2)=C(C(=O)O)CN1C(=O)OCc1ccccc1)[Si](C)(C)O. The Morgan fingerprint density at radius 2 is 1.52 bits per heavy atom. The molecule has 1 amide bonds. The highest BCUT2D eigenvalue weighted by molar-refractivity contribution is 6.72. The number of hydrogen-bond acceptors (Lipinski definition) is 4. The van der Waals surface area contributed by atoms with Crippen molar-refractivity contribution in [3.63, 3.8) is 0 Å². The molecule has 1 aliphatic heterocycles. The van der Waals surface area contributed by atoms with E-state index in [0.29, 0.717) is 19.3 Å². The number of hydrogen-bond donors (Lipinski definition) is 2. The summed E-state index contributed by atoms with van der Waals surface area (Å²) in [5.74, 6) is -1.04. The Morgan fingerprint density at radius 1 is 0.925 bits per heavy atom. The molecular weight excluding hydrogens is 518 g/mol. The van der Waals surface area contributed by atoms with Gasteiger partial charge >= 0.3 is 12.1 Å². The molecule has 1 unspecified atom stereocenters. The first-order valence-electron chi connectivity index (χ1n) is 13.8. The minimum atomic E-state index is -2.48. The van der Waals surface area contributed by atoms with Gasteiger partial charge in [0, 0.05) is 6.04 Å². The number of benzene rings is 3. The number of amides is 1. The smallest absolute Gasteiger partial charge is 0.410 e. The topological polar surface area (TPSA) is 87.1 Å². The number of carbonyl (C=O) groups is 2. The summed E-state index contributed by atoms with van der Waals surface area (Å²) in [6.45, 7) is 8.08. The fraction of sp³-hybridized carbons (Fsp3) is 0.333. The van der Waals surface area contributed by atoms with Gasteiger partial charge in [0.25, 0.3) is 0 Å². The van der Waals surface area contributed by atoms with Crippen molar-refractivity contribution in [1.82, 2.24) is 4.90 Å². The van der Waals surface area contributed by atoms with Gasteiger partial charge in [-0.25, -0.2) is 9.59 Å². The maximum atomic E-state index is 13.4. The highest BCUT2D eigenvalue weighted by Gasteiger charge is 2.41. The van der Waals surface area contributed by atoms with Crippen LogP contribution in [0.4, 0.5) is 4.79 Å². The van der Waals surface area contributed by atoms with Gasteiger partial charge in [0.2, 0.25) is 0 Å². The Kier molecular flexibility index (Phi) is 8.96. The average molecular weight is 558 g/mol. The highest BCUT2D eigenvalue weighted by atomic mass is 28.4. The van der Waals surface area contributed by atoms with E-state index >= 15 is 0 Å². The zero-order valence-electron chi connectivity index (χ0n) is 23.8. The van der Waals surface area contributed by atoms with E-state index in [4.69, 9.17) is 4.74 Å². The molecule has 4 rings (SSSR count). The summed E-state index contributed by atoms with van der Waals surface area (Å²) < 4.78 is 5.67. The average Bonchev–Trinajstić information content (AvgIpc) is 2.95. The first-order chi connectivity index (χ1) is 19.0. The van der Waals surface area contributed by atoms with Crippen LogP contribution in [0.1, 0.15) is 44.2 Å². The lowest BCUT2D eigenvalue weighted by Crippen LogP contribution is -2.47. The van der Waals surface area contributed by atoms with Crippen molar-refractivity contribution < 1.29 is 24.2 Å². The van der Waals surface area contributed by atoms with Crippen molar-refractivity contribution in [2.75, 3.05) is 6.54 Å². The summed E-state index contributed by atoms with van der Waals surface area (Å²) >= 11 is 0. The number of nitrogens with zero attached hydrogens (tertiary/aromatic N) is 1. The molecule has 7 heteroatoms. The Hall–Kier alpha value is -3.68. The summed E-state index contributed by atoms with van der Waals surface area (Å²) in [5, 5.41) is 9.97. The van der Waals surface area contributed by atoms with Crippen LogP contribution in [-0.4, -0.2) is 47.8 Å². The standard InChI is InChI=1S/C33H39NO5Si/c1-33(2,40(3,4)38)19-18-28-21-29(27-17-11-16-26(20-27)25-14-9-6-10-15-25)30(31(35)36)22-34(28)32(37)39-23-24-12-7-5-8-13-24/h5-17,20,28,38H,18-19,21-23H2,1-4H3,(H,35,36). The molecule has 0 bridgehead atoms. The van der Waals surface area contributed by atoms with Crippen molar-refractivity contribution in [3.05, 3.63) is 102 Å². The quantitative estimate of drug-likeness (QED) is 0.268. The second kappa shape index (κ2) is 12.2. The molecule has 0 aliphatic carbocycles. The molecular formula is C33H39NO5Si. The maximum absolute atomic E-state index is 13.4. The van der Waals surface area contributed by atoms with E-state index in [1.54, 1.807) is 4.90 Å². The molecule has 0 spiro atoms. The van der Waals surface area contributed by atoms with E-state index in [0.717, 1.165) is 27.8 Å². The number of rotatable bonds is 9. The van der Waals surface area contributed by atoms with E-state index < -0.39 is 20.4 Å². The highest BCUT2D eigenvalue weighted by Crippen LogP contribution is 2.43. The molecule has 210 valence electrons. The van der Waals surface area contributed by atoms with E-state index in [-0.39, 0.29) is 29.8 Å². The van der Waals surface area contributed by atoms with E-state index in [1.807, 2.05) is 98.0 Å². The van der Waals surface area contributed by atoms with Crippen LogP contribution >= 0.6 is 0 Å². The lowest BCUT2D eigenvalue weighted by molar-refractivity contribution is -0.133. The molecule has 0 fully saturated rings. The van der Waals surface area contributed by atoms with Crippen LogP contribution in [0, 0.1) is 0 Å². The number of carbonyl (C=O) groups excluding carboxylic acids is 1. The van der Waals surface area contributed by atoms with Crippen LogP contribution in [0.25, 0.3) is 16.7 Å². The molecule has 3 aromatic carbocycles. The van der Waals surface area contributed by atoms with E-state index in [9.17, 15) is 19.5 Å². The first-order valence-corrected chi connectivity index (χ1v) is 16.7. The van der Waals surface area contributed by atoms with Crippen molar-refractivity contribution in [2.45, 2.75) is 63.9 Å². The number of aliphatic carboxylic acids is 1. The molecule has 40 heavy (non-hydrogen) atoms. The van der Waals surface area contributed by atoms with Gasteiger partial charge in [0.1, 0.15) is 6.61 Å². The minimum Gasteiger partial charge on any atom is -0.478 e. The predicted molar refractivity (Wildman–Crippen MR) is 161 cm³/mol. The Balaban J connectivity index is 1.67. The number of carboxylic acid groups (broad SMARTS) is 1. The van der Waals surface area contributed by atoms with Crippen LogP contribution in [0.2, 0.25) is 18.1 Å². The Labute approximate surface area is 238 Å². The van der Waals surface area contributed by atoms with Gasteiger partial charge in [-0.3, -0.25) is 0 Å². The molecule has 0 radical (unpaired) electrons. The Morgan fingerprint density at radius 3 is 2.15 bits per heavy atom. The molecule has 0 saturated heterocycles. The van der Waals surface area contributed by atoms with Crippen LogP contribution in [0.3, 0.4) is 0 Å². The lowest BCUT2D eigenvalue weighted by atomic mass is 9.85. The minimum absolute atomic E-state index is 0.0428. The third-order valence-electron chi connectivity index (χ3n) is 8.35. The zero-order valence-corrected chi connectivity index (χ0v) is 24.8. The van der Waals surface area contributed by atoms with E-state index in [1.165, 1.54) is 0 Å². The summed E-state index contributed by atoms with van der Waals surface area (Å²) in [6.07, 6.45) is 1.20. The third kappa shape index (κ3) is 6.90. The molecule has 3 aromatic rings. The van der Waals surface area contributed by atoms with Crippen molar-refractivity contribution in [2.24, 2.45) is 0 Å². The monoisotopic (exact) mass is 557 g/mol. The summed E-state index contributed by atoms with van der Waals surface area (Å²) in [5.41, 5.74) is 4.71. The van der Waals surface area contributed by atoms with Gasteiger partial charge in [-0.15, -0.1) is 0 Å². The van der Waals surface area contributed by atoms with Gasteiger partial charge in [0.05, 0.1) is 12.1 Å². The molecule has 1 atom stereocenters. The molecule has 1 heterocycles. The fourth-order valence-electron chi connectivity index (χ4n) is 4.98. The molecule has 0 aromatic heterocycles. The third-order valence-corrected chi connectivity index (χ3v) is 11.9. The number of ether oxygens (including phenoxy) is 1. The molecule has 2 N–H and O–H groups in total. The maximum Gasteiger partial charge on any atom is 0.410 e. The second-order valence-electron chi connectivity index (χ2n) is 11.7. The normalized spacial score (nSPS) is 16.1. The zero-order chi connectivity index (χ0) is 28.9. The van der Waals surface area contributed by atoms with Crippen molar-refractivity contribution in [1.29, 1.82) is 0 Å². The van der Waals surface area contributed by atoms with Crippen molar-refractivity contribution in [3.8, 4) is 11.1 Å². The number of carboxylic acids is 1. The van der Waals surface area contributed by atoms with Gasteiger partial charge in [-0.1, -0.05) is 92.7 Å². The summed E-state index contributed by atoms with van der Waals surface area (Å²) in [7, 11) is -2.48. The van der Waals surface area contributed by atoms with Gasteiger partial charge in [0.15, 0.2) is 8.32 Å².